The average molecular weight is 360 g/mol. The first kappa shape index (κ1) is 17.3. The van der Waals surface area contributed by atoms with E-state index in [0.717, 1.165) is 0 Å². The largest absolute Gasteiger partial charge is 0.497 e. The number of benzene rings is 1. The van der Waals surface area contributed by atoms with Gasteiger partial charge < -0.3 is 19.9 Å². The minimum absolute atomic E-state index is 0.101. The third-order valence-corrected chi connectivity index (χ3v) is 3.39. The van der Waals surface area contributed by atoms with Crippen molar-refractivity contribution in [2.75, 3.05) is 20.8 Å². The molecule has 0 unspecified atom stereocenters. The minimum atomic E-state index is -0.834. The third kappa shape index (κ3) is 5.26. The molecule has 1 aromatic carbocycles. The van der Waals surface area contributed by atoms with Gasteiger partial charge in [0.2, 0.25) is 0 Å². The Morgan fingerprint density at radius 1 is 1.24 bits per heavy atom. The zero-order valence-corrected chi connectivity index (χ0v) is 13.5. The Kier molecular flexibility index (Phi) is 7.01. The number of carbonyl (C=O) groups is 2. The fourth-order valence-electron chi connectivity index (χ4n) is 1.76. The van der Waals surface area contributed by atoms with Crippen molar-refractivity contribution in [1.29, 1.82) is 0 Å². The summed E-state index contributed by atoms with van der Waals surface area (Å²) < 4.78 is 11.0. The number of ether oxygens (including phenoxy) is 2. The summed E-state index contributed by atoms with van der Waals surface area (Å²) in [6, 6.07) is 3.30. The van der Waals surface area contributed by atoms with Crippen LogP contribution >= 0.6 is 15.9 Å². The summed E-state index contributed by atoms with van der Waals surface area (Å²) in [6.45, 7) is 0.407. The van der Waals surface area contributed by atoms with Gasteiger partial charge in [-0.25, -0.2) is 0 Å². The molecule has 6 nitrogen and oxygen atoms in total. The van der Waals surface area contributed by atoms with Crippen molar-refractivity contribution in [1.82, 2.24) is 5.32 Å². The van der Waals surface area contributed by atoms with Gasteiger partial charge in [-0.1, -0.05) is 0 Å². The zero-order chi connectivity index (χ0) is 15.8. The van der Waals surface area contributed by atoms with E-state index < -0.39 is 5.97 Å². The molecule has 2 N–H and O–H groups in total. The molecule has 0 aromatic heterocycles. The highest BCUT2D eigenvalue weighted by Gasteiger charge is 2.16. The van der Waals surface area contributed by atoms with Gasteiger partial charge >= 0.3 is 5.97 Å². The Morgan fingerprint density at radius 3 is 2.52 bits per heavy atom. The highest BCUT2D eigenvalue weighted by Crippen LogP contribution is 2.33. The van der Waals surface area contributed by atoms with Gasteiger partial charge in [-0.15, -0.1) is 0 Å². The van der Waals surface area contributed by atoms with Gasteiger partial charge in [0, 0.05) is 13.0 Å². The van der Waals surface area contributed by atoms with Gasteiger partial charge in [-0.05, 0) is 40.9 Å². The zero-order valence-electron chi connectivity index (χ0n) is 11.9. The molecule has 1 aromatic rings. The van der Waals surface area contributed by atoms with Gasteiger partial charge in [-0.3, -0.25) is 9.59 Å². The van der Waals surface area contributed by atoms with Gasteiger partial charge in [-0.2, -0.15) is 0 Å². The van der Waals surface area contributed by atoms with E-state index >= 15 is 0 Å². The lowest BCUT2D eigenvalue weighted by Gasteiger charge is -2.12. The first-order chi connectivity index (χ1) is 9.99. The smallest absolute Gasteiger partial charge is 0.303 e. The summed E-state index contributed by atoms with van der Waals surface area (Å²) in [5.74, 6) is -0.154. The van der Waals surface area contributed by atoms with Crippen molar-refractivity contribution in [3.8, 4) is 11.5 Å². The van der Waals surface area contributed by atoms with Crippen LogP contribution in [0.5, 0.6) is 11.5 Å². The summed E-state index contributed by atoms with van der Waals surface area (Å²) >= 11 is 3.33. The normalized spacial score (nSPS) is 10.0. The Morgan fingerprint density at radius 2 is 1.95 bits per heavy atom. The molecule has 21 heavy (non-hydrogen) atoms. The van der Waals surface area contributed by atoms with Crippen LogP contribution in [0.25, 0.3) is 0 Å². The van der Waals surface area contributed by atoms with Crippen molar-refractivity contribution in [2.24, 2.45) is 0 Å². The number of carbonyl (C=O) groups excluding carboxylic acids is 1. The van der Waals surface area contributed by atoms with Crippen LogP contribution in [0.15, 0.2) is 16.6 Å². The molecule has 0 radical (unpaired) electrons. The van der Waals surface area contributed by atoms with E-state index in [-0.39, 0.29) is 12.3 Å². The highest BCUT2D eigenvalue weighted by molar-refractivity contribution is 9.10. The number of carboxylic acids is 1. The standard InChI is InChI=1S/C14H18BrNO5/c1-20-9-7-10(13(21-2)11(15)8-9)14(19)16-6-4-3-5-12(17)18/h7-8H,3-6H2,1-2H3,(H,16,19)(H,17,18). The number of hydrogen-bond acceptors (Lipinski definition) is 4. The van der Waals surface area contributed by atoms with Crippen molar-refractivity contribution in [2.45, 2.75) is 19.3 Å². The number of aliphatic carboxylic acids is 1. The number of methoxy groups -OCH3 is 2. The van der Waals surface area contributed by atoms with Gasteiger partial charge in [0.25, 0.3) is 5.91 Å². The fraction of sp³-hybridized carbons (Fsp3) is 0.429. The second kappa shape index (κ2) is 8.51. The molecule has 0 saturated carbocycles. The lowest BCUT2D eigenvalue weighted by Crippen LogP contribution is -2.25. The van der Waals surface area contributed by atoms with Crippen LogP contribution in [0.3, 0.4) is 0 Å². The average Bonchev–Trinajstić information content (AvgIpc) is 2.45. The second-order valence-electron chi connectivity index (χ2n) is 4.30. The molecule has 1 rings (SSSR count). The van der Waals surface area contributed by atoms with E-state index in [1.807, 2.05) is 0 Å². The predicted molar refractivity (Wildman–Crippen MR) is 81.1 cm³/mol. The molecule has 0 aliphatic carbocycles. The Bertz CT molecular complexity index is 518. The van der Waals surface area contributed by atoms with E-state index in [1.54, 1.807) is 12.1 Å². The van der Waals surface area contributed by atoms with Gasteiger partial charge in [0.05, 0.1) is 24.3 Å². The van der Waals surface area contributed by atoms with Gasteiger partial charge in [0.15, 0.2) is 0 Å². The molecule has 0 saturated heterocycles. The van der Waals surface area contributed by atoms with Crippen LogP contribution in [0.1, 0.15) is 29.6 Å². The fourth-order valence-corrected chi connectivity index (χ4v) is 2.36. The maximum atomic E-state index is 12.2. The monoisotopic (exact) mass is 359 g/mol. The Hall–Kier alpha value is -1.76. The second-order valence-corrected chi connectivity index (χ2v) is 5.15. The number of hydrogen-bond donors (Lipinski definition) is 2. The van der Waals surface area contributed by atoms with E-state index in [4.69, 9.17) is 14.6 Å². The van der Waals surface area contributed by atoms with Crippen LogP contribution in [0, 0.1) is 0 Å². The van der Waals surface area contributed by atoms with E-state index in [2.05, 4.69) is 21.2 Å². The van der Waals surface area contributed by atoms with Crippen LogP contribution in [0.4, 0.5) is 0 Å². The van der Waals surface area contributed by atoms with Crippen molar-refractivity contribution in [3.05, 3.63) is 22.2 Å². The van der Waals surface area contributed by atoms with Crippen LogP contribution in [-0.4, -0.2) is 37.7 Å². The quantitative estimate of drug-likeness (QED) is 0.696. The van der Waals surface area contributed by atoms with Crippen LogP contribution < -0.4 is 14.8 Å². The van der Waals surface area contributed by atoms with E-state index in [1.165, 1.54) is 14.2 Å². The molecular weight excluding hydrogens is 342 g/mol. The molecule has 0 atom stereocenters. The van der Waals surface area contributed by atoms with Gasteiger partial charge in [0.1, 0.15) is 11.5 Å². The molecule has 0 heterocycles. The molecule has 7 heteroatoms. The minimum Gasteiger partial charge on any atom is -0.497 e. The third-order valence-electron chi connectivity index (χ3n) is 2.80. The molecule has 1 amide bonds. The lowest BCUT2D eigenvalue weighted by atomic mass is 10.1. The molecule has 116 valence electrons. The maximum absolute atomic E-state index is 12.2. The maximum Gasteiger partial charge on any atom is 0.303 e. The Labute approximate surface area is 131 Å². The molecule has 0 spiro atoms. The summed E-state index contributed by atoms with van der Waals surface area (Å²) in [6.07, 6.45) is 1.23. The van der Waals surface area contributed by atoms with Crippen LogP contribution in [-0.2, 0) is 4.79 Å². The first-order valence-corrected chi connectivity index (χ1v) is 7.20. The van der Waals surface area contributed by atoms with Crippen LogP contribution in [0.2, 0.25) is 0 Å². The number of rotatable bonds is 8. The Balaban J connectivity index is 2.68. The summed E-state index contributed by atoms with van der Waals surface area (Å²) in [4.78, 5) is 22.5. The molecular formula is C14H18BrNO5. The van der Waals surface area contributed by atoms with E-state index in [9.17, 15) is 9.59 Å². The number of unbranched alkanes of at least 4 members (excludes halogenated alkanes) is 1. The SMILES string of the molecule is COc1cc(Br)c(OC)c(C(=O)NCCCCC(=O)O)c1. The number of halogens is 1. The lowest BCUT2D eigenvalue weighted by molar-refractivity contribution is -0.137. The van der Waals surface area contributed by atoms with E-state index in [0.29, 0.717) is 40.9 Å². The topological polar surface area (TPSA) is 84.9 Å². The first-order valence-electron chi connectivity index (χ1n) is 6.41. The summed E-state index contributed by atoms with van der Waals surface area (Å²) in [5.41, 5.74) is 0.363. The number of nitrogens with one attached hydrogen (secondary N) is 1. The number of amides is 1. The molecule has 0 aliphatic rings. The van der Waals surface area contributed by atoms with Crippen molar-refractivity contribution < 1.29 is 24.2 Å². The summed E-state index contributed by atoms with van der Waals surface area (Å²) in [5, 5.41) is 11.3. The van der Waals surface area contributed by atoms with Crippen molar-refractivity contribution in [3.63, 3.8) is 0 Å². The number of carboxylic acid groups (broad SMARTS) is 1. The highest BCUT2D eigenvalue weighted by atomic mass is 79.9. The van der Waals surface area contributed by atoms with Crippen molar-refractivity contribution >= 4 is 27.8 Å². The molecule has 0 fully saturated rings. The predicted octanol–water partition coefficient (Wildman–Crippen LogP) is 2.45. The molecule has 0 aliphatic heterocycles. The summed E-state index contributed by atoms with van der Waals surface area (Å²) in [7, 11) is 3.00. The molecule has 0 bridgehead atoms.